The molecule has 0 spiro atoms. The highest BCUT2D eigenvalue weighted by Gasteiger charge is 2.44. The Labute approximate surface area is 407 Å². The molecule has 0 aromatic heterocycles. The number of carbonyl (C=O) groups is 1. The zero-order chi connectivity index (χ0) is 48.0. The van der Waals surface area contributed by atoms with Gasteiger partial charge in [-0.25, -0.2) is 0 Å². The van der Waals surface area contributed by atoms with Gasteiger partial charge in [-0.2, -0.15) is 0 Å². The molecule has 9 nitrogen and oxygen atoms in total. The molecule has 0 aromatic rings. The number of unbranched alkanes of at least 4 members (excludes halogenated alkanes) is 40. The first-order chi connectivity index (χ1) is 32.3. The van der Waals surface area contributed by atoms with Crippen LogP contribution in [-0.4, -0.2) is 87.5 Å². The Morgan fingerprint density at radius 2 is 0.833 bits per heavy atom. The molecule has 0 bridgehead atoms. The molecular weight excluding hydrogens is 827 g/mol. The third-order valence-corrected chi connectivity index (χ3v) is 14.1. The number of ether oxygens (including phenoxy) is 2. The van der Waals surface area contributed by atoms with Gasteiger partial charge in [0.2, 0.25) is 5.91 Å². The third kappa shape index (κ3) is 36.9. The van der Waals surface area contributed by atoms with Crippen LogP contribution in [0.5, 0.6) is 0 Å². The fraction of sp³-hybridized carbons (Fsp3) is 0.947. The van der Waals surface area contributed by atoms with Crippen LogP contribution in [0.1, 0.15) is 290 Å². The first kappa shape index (κ1) is 62.9. The lowest BCUT2D eigenvalue weighted by Crippen LogP contribution is -2.60. The molecule has 1 aliphatic heterocycles. The van der Waals surface area contributed by atoms with Crippen molar-refractivity contribution in [1.29, 1.82) is 0 Å². The minimum atomic E-state index is -1.56. The highest BCUT2D eigenvalue weighted by Crippen LogP contribution is 2.23. The number of hydrogen-bond donors (Lipinski definition) is 6. The van der Waals surface area contributed by atoms with Gasteiger partial charge in [0, 0.05) is 6.42 Å². The van der Waals surface area contributed by atoms with Crippen LogP contribution in [0.4, 0.5) is 0 Å². The predicted octanol–water partition coefficient (Wildman–Crippen LogP) is 14.0. The largest absolute Gasteiger partial charge is 0.394 e. The lowest BCUT2D eigenvalue weighted by Gasteiger charge is -2.40. The van der Waals surface area contributed by atoms with Gasteiger partial charge >= 0.3 is 0 Å². The summed E-state index contributed by atoms with van der Waals surface area (Å²) in [6, 6.07) is -0.800. The van der Waals surface area contributed by atoms with Gasteiger partial charge in [-0.15, -0.1) is 0 Å². The molecular formula is C57H111NO8. The number of nitrogens with one attached hydrogen (secondary N) is 1. The van der Waals surface area contributed by atoms with Gasteiger partial charge in [0.15, 0.2) is 6.29 Å². The monoisotopic (exact) mass is 938 g/mol. The van der Waals surface area contributed by atoms with Crippen LogP contribution in [0.3, 0.4) is 0 Å². The van der Waals surface area contributed by atoms with Crippen LogP contribution in [0, 0.1) is 0 Å². The van der Waals surface area contributed by atoms with Crippen molar-refractivity contribution in [2.24, 2.45) is 0 Å². The second-order valence-corrected chi connectivity index (χ2v) is 20.5. The van der Waals surface area contributed by atoms with Crippen LogP contribution < -0.4 is 5.32 Å². The summed E-state index contributed by atoms with van der Waals surface area (Å²) in [6.07, 6.45) is 51.4. The highest BCUT2D eigenvalue weighted by molar-refractivity contribution is 5.76. The van der Waals surface area contributed by atoms with Crippen LogP contribution in [0.2, 0.25) is 0 Å². The Morgan fingerprint density at radius 3 is 1.18 bits per heavy atom. The van der Waals surface area contributed by atoms with Gasteiger partial charge in [0.05, 0.1) is 25.4 Å². The van der Waals surface area contributed by atoms with E-state index in [1.54, 1.807) is 6.08 Å². The van der Waals surface area contributed by atoms with Gasteiger partial charge < -0.3 is 40.3 Å². The molecule has 2 unspecified atom stereocenters. The first-order valence-corrected chi connectivity index (χ1v) is 28.9. The van der Waals surface area contributed by atoms with Crippen LogP contribution in [0.15, 0.2) is 12.2 Å². The molecule has 0 radical (unpaired) electrons. The zero-order valence-electron chi connectivity index (χ0n) is 43.5. The molecule has 66 heavy (non-hydrogen) atoms. The minimum absolute atomic E-state index is 0.170. The van der Waals surface area contributed by atoms with Crippen LogP contribution in [0.25, 0.3) is 0 Å². The highest BCUT2D eigenvalue weighted by atomic mass is 16.7. The van der Waals surface area contributed by atoms with Crippen molar-refractivity contribution in [2.45, 2.75) is 333 Å². The van der Waals surface area contributed by atoms with Crippen molar-refractivity contribution in [2.75, 3.05) is 13.2 Å². The van der Waals surface area contributed by atoms with E-state index in [1.165, 1.54) is 231 Å². The number of amides is 1. The Kier molecular flexibility index (Phi) is 45.4. The summed E-state index contributed by atoms with van der Waals surface area (Å²) in [5.41, 5.74) is 0. The number of carbonyl (C=O) groups excluding carboxylic acids is 1. The molecule has 0 aliphatic carbocycles. The van der Waals surface area contributed by atoms with Crippen LogP contribution in [-0.2, 0) is 14.3 Å². The van der Waals surface area contributed by atoms with Gasteiger partial charge in [-0.3, -0.25) is 4.79 Å². The number of aliphatic hydroxyl groups is 5. The summed E-state index contributed by atoms with van der Waals surface area (Å²) < 4.78 is 11.3. The van der Waals surface area contributed by atoms with E-state index in [9.17, 15) is 30.3 Å². The molecule has 1 saturated heterocycles. The molecule has 1 heterocycles. The fourth-order valence-corrected chi connectivity index (χ4v) is 9.51. The van der Waals surface area contributed by atoms with Crippen molar-refractivity contribution in [1.82, 2.24) is 5.32 Å². The SMILES string of the molecule is CCCCCCCCCCCCCCCCC/C=C/[C@@H](O)[C@H](CO[C@@H]1O[C@H](CO)[C@H](O)C(O)C1O)NC(=O)CCCCCCCCCCCCCCCCCCCCCCCCCCCC. The zero-order valence-corrected chi connectivity index (χ0v) is 43.5. The van der Waals surface area contributed by atoms with E-state index >= 15 is 0 Å². The Morgan fingerprint density at radius 1 is 0.500 bits per heavy atom. The van der Waals surface area contributed by atoms with Crippen LogP contribution >= 0.6 is 0 Å². The predicted molar refractivity (Wildman–Crippen MR) is 277 cm³/mol. The topological polar surface area (TPSA) is 149 Å². The lowest BCUT2D eigenvalue weighted by molar-refractivity contribution is -0.302. The molecule has 0 aromatic carbocycles. The van der Waals surface area contributed by atoms with Crippen molar-refractivity contribution >= 4 is 5.91 Å². The first-order valence-electron chi connectivity index (χ1n) is 28.9. The molecule has 0 saturated carbocycles. The smallest absolute Gasteiger partial charge is 0.220 e. The molecule has 7 atom stereocenters. The third-order valence-electron chi connectivity index (χ3n) is 14.1. The Bertz CT molecular complexity index is 1040. The summed E-state index contributed by atoms with van der Waals surface area (Å²) in [5, 5.41) is 54.5. The van der Waals surface area contributed by atoms with E-state index < -0.39 is 49.5 Å². The minimum Gasteiger partial charge on any atom is -0.394 e. The normalized spacial score (nSPS) is 19.8. The number of hydrogen-bond acceptors (Lipinski definition) is 8. The van der Waals surface area contributed by atoms with E-state index in [0.717, 1.165) is 38.5 Å². The van der Waals surface area contributed by atoms with Gasteiger partial charge in [-0.05, 0) is 19.3 Å². The van der Waals surface area contributed by atoms with Crippen molar-refractivity contribution in [3.05, 3.63) is 12.2 Å². The van der Waals surface area contributed by atoms with E-state index in [1.807, 2.05) is 6.08 Å². The standard InChI is InChI=1S/C57H111NO8/c1-3-5-7-9-11-13-15-17-19-21-22-23-24-25-26-27-28-29-31-33-35-37-39-41-43-45-47-53(61)58-50(49-65-57-56(64)55(63)54(62)52(48-59)66-57)51(60)46-44-42-40-38-36-34-32-30-20-18-16-14-12-10-8-6-4-2/h44,46,50-52,54-57,59-60,62-64H,3-43,45,47-49H2,1-2H3,(H,58,61)/b46-44+/t50-,51+,52+,54-,55?,56?,57+/m0/s1. The Hall–Kier alpha value is -1.07. The van der Waals surface area contributed by atoms with Gasteiger partial charge in [-0.1, -0.05) is 276 Å². The summed E-state index contributed by atoms with van der Waals surface area (Å²) in [4.78, 5) is 13.0. The summed E-state index contributed by atoms with van der Waals surface area (Å²) in [7, 11) is 0. The number of rotatable bonds is 50. The van der Waals surface area contributed by atoms with Crippen molar-refractivity contribution < 1.29 is 39.8 Å². The van der Waals surface area contributed by atoms with E-state index in [4.69, 9.17) is 9.47 Å². The Balaban J connectivity index is 2.19. The average molecular weight is 939 g/mol. The molecule has 1 amide bonds. The van der Waals surface area contributed by atoms with E-state index in [-0.39, 0.29) is 12.5 Å². The lowest BCUT2D eigenvalue weighted by atomic mass is 9.99. The summed E-state index contributed by atoms with van der Waals surface area (Å²) in [6.45, 7) is 3.82. The second kappa shape index (κ2) is 47.6. The fourth-order valence-electron chi connectivity index (χ4n) is 9.51. The quantitative estimate of drug-likeness (QED) is 0.0261. The summed E-state index contributed by atoms with van der Waals surface area (Å²) in [5.74, 6) is -0.170. The molecule has 6 N–H and O–H groups in total. The molecule has 1 rings (SSSR count). The van der Waals surface area contributed by atoms with Crippen molar-refractivity contribution in [3.63, 3.8) is 0 Å². The molecule has 1 fully saturated rings. The second-order valence-electron chi connectivity index (χ2n) is 20.5. The molecule has 392 valence electrons. The van der Waals surface area contributed by atoms with Gasteiger partial charge in [0.1, 0.15) is 24.4 Å². The van der Waals surface area contributed by atoms with E-state index in [2.05, 4.69) is 19.2 Å². The average Bonchev–Trinajstić information content (AvgIpc) is 3.32. The summed E-state index contributed by atoms with van der Waals surface area (Å²) >= 11 is 0. The maximum absolute atomic E-state index is 13.0. The molecule has 1 aliphatic rings. The van der Waals surface area contributed by atoms with Crippen molar-refractivity contribution in [3.8, 4) is 0 Å². The maximum Gasteiger partial charge on any atom is 0.220 e. The number of allylic oxidation sites excluding steroid dienone is 1. The van der Waals surface area contributed by atoms with Gasteiger partial charge in [0.25, 0.3) is 0 Å². The molecule has 9 heteroatoms. The number of aliphatic hydroxyl groups excluding tert-OH is 5. The van der Waals surface area contributed by atoms with E-state index in [0.29, 0.717) is 6.42 Å². The maximum atomic E-state index is 13.0.